The Morgan fingerprint density at radius 1 is 1.09 bits per heavy atom. The SMILES string of the molecule is O[C@H]1[C@H](O)[C@@H](O)C(I)=C[C@H]1O. The van der Waals surface area contributed by atoms with Gasteiger partial charge in [-0.2, -0.15) is 0 Å². The van der Waals surface area contributed by atoms with Gasteiger partial charge >= 0.3 is 0 Å². The Morgan fingerprint density at radius 2 is 1.64 bits per heavy atom. The Balaban J connectivity index is 2.83. The second-order valence-corrected chi connectivity index (χ2v) is 3.71. The lowest BCUT2D eigenvalue weighted by molar-refractivity contribution is -0.0890. The zero-order chi connectivity index (χ0) is 8.59. The van der Waals surface area contributed by atoms with Crippen LogP contribution in [0.5, 0.6) is 0 Å². The van der Waals surface area contributed by atoms with Gasteiger partial charge in [0.1, 0.15) is 24.4 Å². The molecule has 0 saturated heterocycles. The van der Waals surface area contributed by atoms with Crippen molar-refractivity contribution in [3.63, 3.8) is 0 Å². The molecule has 11 heavy (non-hydrogen) atoms. The van der Waals surface area contributed by atoms with Crippen LogP contribution in [0.15, 0.2) is 9.66 Å². The van der Waals surface area contributed by atoms with E-state index in [2.05, 4.69) is 0 Å². The molecule has 0 fully saturated rings. The molecule has 5 heteroatoms. The van der Waals surface area contributed by atoms with Gasteiger partial charge in [-0.25, -0.2) is 0 Å². The zero-order valence-electron chi connectivity index (χ0n) is 5.55. The quantitative estimate of drug-likeness (QED) is 0.416. The van der Waals surface area contributed by atoms with E-state index >= 15 is 0 Å². The van der Waals surface area contributed by atoms with E-state index in [4.69, 9.17) is 20.4 Å². The predicted molar refractivity (Wildman–Crippen MR) is 46.1 cm³/mol. The third kappa shape index (κ3) is 1.73. The number of halogens is 1. The zero-order valence-corrected chi connectivity index (χ0v) is 7.71. The molecular formula is C6H9IO4. The van der Waals surface area contributed by atoms with Gasteiger partial charge in [0.15, 0.2) is 0 Å². The highest BCUT2D eigenvalue weighted by Crippen LogP contribution is 2.24. The van der Waals surface area contributed by atoms with E-state index in [1.165, 1.54) is 6.08 Å². The molecule has 4 atom stereocenters. The number of aliphatic hydroxyl groups excluding tert-OH is 4. The topological polar surface area (TPSA) is 80.9 Å². The Kier molecular flexibility index (Phi) is 2.87. The van der Waals surface area contributed by atoms with Crippen molar-refractivity contribution in [3.05, 3.63) is 9.66 Å². The van der Waals surface area contributed by atoms with Gasteiger partial charge in [-0.05, 0) is 28.7 Å². The van der Waals surface area contributed by atoms with E-state index in [9.17, 15) is 0 Å². The maximum absolute atomic E-state index is 9.14. The van der Waals surface area contributed by atoms with Crippen molar-refractivity contribution >= 4 is 22.6 Å². The molecule has 0 aromatic carbocycles. The molecule has 0 heterocycles. The highest BCUT2D eigenvalue weighted by atomic mass is 127. The molecule has 0 aromatic heterocycles. The van der Waals surface area contributed by atoms with Crippen LogP contribution in [0, 0.1) is 0 Å². The average molecular weight is 272 g/mol. The molecule has 4 N–H and O–H groups in total. The van der Waals surface area contributed by atoms with Crippen LogP contribution in [0.4, 0.5) is 0 Å². The molecule has 0 aliphatic heterocycles. The fourth-order valence-corrected chi connectivity index (χ4v) is 1.65. The second-order valence-electron chi connectivity index (χ2n) is 2.47. The molecule has 0 saturated carbocycles. The van der Waals surface area contributed by atoms with Crippen molar-refractivity contribution in [1.29, 1.82) is 0 Å². The predicted octanol–water partition coefficient (Wildman–Crippen LogP) is -1.24. The molecule has 0 amide bonds. The van der Waals surface area contributed by atoms with Gasteiger partial charge in [0.05, 0.1) is 0 Å². The summed E-state index contributed by atoms with van der Waals surface area (Å²) in [4.78, 5) is 0. The number of aliphatic hydroxyl groups is 4. The van der Waals surface area contributed by atoms with Crippen LogP contribution in [0.2, 0.25) is 0 Å². The van der Waals surface area contributed by atoms with Gasteiger partial charge in [-0.3, -0.25) is 0 Å². The summed E-state index contributed by atoms with van der Waals surface area (Å²) in [5.74, 6) is 0. The minimum absolute atomic E-state index is 0.452. The maximum atomic E-state index is 9.14. The summed E-state index contributed by atoms with van der Waals surface area (Å²) >= 11 is 1.80. The van der Waals surface area contributed by atoms with Gasteiger partial charge in [-0.1, -0.05) is 0 Å². The summed E-state index contributed by atoms with van der Waals surface area (Å²) in [6, 6.07) is 0. The van der Waals surface area contributed by atoms with Crippen LogP contribution in [0.3, 0.4) is 0 Å². The molecule has 0 spiro atoms. The monoisotopic (exact) mass is 272 g/mol. The van der Waals surface area contributed by atoms with Crippen molar-refractivity contribution in [2.45, 2.75) is 24.4 Å². The largest absolute Gasteiger partial charge is 0.387 e. The van der Waals surface area contributed by atoms with E-state index in [0.717, 1.165) is 0 Å². The van der Waals surface area contributed by atoms with Crippen molar-refractivity contribution in [1.82, 2.24) is 0 Å². The first kappa shape index (κ1) is 9.40. The van der Waals surface area contributed by atoms with E-state index in [0.29, 0.717) is 3.58 Å². The first-order chi connectivity index (χ1) is 5.04. The van der Waals surface area contributed by atoms with E-state index in [1.54, 1.807) is 22.6 Å². The first-order valence-corrected chi connectivity index (χ1v) is 4.21. The van der Waals surface area contributed by atoms with Crippen LogP contribution >= 0.6 is 22.6 Å². The molecular weight excluding hydrogens is 263 g/mol. The van der Waals surface area contributed by atoms with Crippen LogP contribution in [0.1, 0.15) is 0 Å². The lowest BCUT2D eigenvalue weighted by atomic mass is 9.96. The molecule has 1 rings (SSSR count). The van der Waals surface area contributed by atoms with E-state index in [-0.39, 0.29) is 0 Å². The lowest BCUT2D eigenvalue weighted by Gasteiger charge is -2.29. The minimum Gasteiger partial charge on any atom is -0.387 e. The summed E-state index contributed by atoms with van der Waals surface area (Å²) in [5.41, 5.74) is 0. The lowest BCUT2D eigenvalue weighted by Crippen LogP contribution is -2.47. The number of rotatable bonds is 0. The standard InChI is InChI=1S/C6H9IO4/c7-2-1-3(8)5(10)6(11)4(2)9/h1,3-6,8-11H/t3-,4+,5-,6-/m1/s1. The van der Waals surface area contributed by atoms with Gasteiger partial charge in [0.25, 0.3) is 0 Å². The molecule has 64 valence electrons. The van der Waals surface area contributed by atoms with Crippen LogP contribution in [-0.2, 0) is 0 Å². The molecule has 4 nitrogen and oxygen atoms in total. The van der Waals surface area contributed by atoms with Gasteiger partial charge in [-0.15, -0.1) is 0 Å². The van der Waals surface area contributed by atoms with Crippen LogP contribution in [-0.4, -0.2) is 44.8 Å². The summed E-state index contributed by atoms with van der Waals surface area (Å²) in [6.07, 6.45) is -3.41. The molecule has 0 radical (unpaired) electrons. The summed E-state index contributed by atoms with van der Waals surface area (Å²) in [6.45, 7) is 0. The summed E-state index contributed by atoms with van der Waals surface area (Å²) in [5, 5.41) is 36.3. The normalized spacial score (nSPS) is 45.4. The fourth-order valence-electron chi connectivity index (χ4n) is 0.912. The average Bonchev–Trinajstić information content (AvgIpc) is 1.97. The molecule has 0 unspecified atom stereocenters. The Labute approximate surface area is 77.3 Å². The Morgan fingerprint density at radius 3 is 2.18 bits per heavy atom. The van der Waals surface area contributed by atoms with Gasteiger partial charge in [0.2, 0.25) is 0 Å². The molecule has 0 bridgehead atoms. The third-order valence-corrected chi connectivity index (χ3v) is 2.63. The van der Waals surface area contributed by atoms with Crippen molar-refractivity contribution < 1.29 is 20.4 Å². The fraction of sp³-hybridized carbons (Fsp3) is 0.667. The van der Waals surface area contributed by atoms with E-state index < -0.39 is 24.4 Å². The van der Waals surface area contributed by atoms with Gasteiger partial charge in [0, 0.05) is 3.58 Å². The highest BCUT2D eigenvalue weighted by Gasteiger charge is 2.35. The molecule has 0 aromatic rings. The first-order valence-electron chi connectivity index (χ1n) is 3.13. The number of hydrogen-bond donors (Lipinski definition) is 4. The molecule has 1 aliphatic carbocycles. The van der Waals surface area contributed by atoms with Crippen molar-refractivity contribution in [2.24, 2.45) is 0 Å². The summed E-state index contributed by atoms with van der Waals surface area (Å²) < 4.78 is 0.452. The maximum Gasteiger partial charge on any atom is 0.113 e. The van der Waals surface area contributed by atoms with Gasteiger partial charge < -0.3 is 20.4 Å². The van der Waals surface area contributed by atoms with Crippen LogP contribution in [0.25, 0.3) is 0 Å². The smallest absolute Gasteiger partial charge is 0.113 e. The minimum atomic E-state index is -1.29. The molecule has 1 aliphatic rings. The van der Waals surface area contributed by atoms with Crippen LogP contribution < -0.4 is 0 Å². The third-order valence-electron chi connectivity index (χ3n) is 1.64. The Bertz CT molecular complexity index is 181. The number of hydrogen-bond acceptors (Lipinski definition) is 4. The highest BCUT2D eigenvalue weighted by molar-refractivity contribution is 14.1. The van der Waals surface area contributed by atoms with Crippen molar-refractivity contribution in [3.8, 4) is 0 Å². The van der Waals surface area contributed by atoms with Crippen molar-refractivity contribution in [2.75, 3.05) is 0 Å². The second kappa shape index (κ2) is 3.36. The van der Waals surface area contributed by atoms with E-state index in [1.807, 2.05) is 0 Å². The Hall–Kier alpha value is 0.310. The summed E-state index contributed by atoms with van der Waals surface area (Å²) in [7, 11) is 0.